The average molecular weight is 477 g/mol. The number of primary sulfonamides is 1. The minimum atomic E-state index is -3.87. The number of thiophene rings is 1. The second-order valence-electron chi connectivity index (χ2n) is 7.15. The summed E-state index contributed by atoms with van der Waals surface area (Å²) < 4.78 is 24.5. The molecule has 3 N–H and O–H groups in total. The molecule has 0 unspecified atom stereocenters. The molecule has 0 aliphatic heterocycles. The van der Waals surface area contributed by atoms with Gasteiger partial charge in [0.1, 0.15) is 4.83 Å². The summed E-state index contributed by atoms with van der Waals surface area (Å²) in [6.45, 7) is 4.02. The van der Waals surface area contributed by atoms with Crippen LogP contribution in [-0.2, 0) is 21.4 Å². The van der Waals surface area contributed by atoms with E-state index in [9.17, 15) is 18.0 Å². The van der Waals surface area contributed by atoms with Crippen LogP contribution in [0.4, 0.5) is 5.69 Å². The van der Waals surface area contributed by atoms with Gasteiger partial charge in [-0.1, -0.05) is 23.9 Å². The van der Waals surface area contributed by atoms with E-state index < -0.39 is 10.0 Å². The third kappa shape index (κ3) is 4.74. The Balaban J connectivity index is 1.54. The van der Waals surface area contributed by atoms with Gasteiger partial charge >= 0.3 is 0 Å². The fraction of sp³-hybridized carbons (Fsp3) is 0.250. The molecule has 1 aliphatic carbocycles. The SMILES string of the molecule is C=CCn1c(SCC(=O)Nc2cccc(S(N)(=O)=O)c2)nc2scc(C3CC3)c2c1=O. The highest BCUT2D eigenvalue weighted by Gasteiger charge is 2.28. The van der Waals surface area contributed by atoms with Crippen LogP contribution in [-0.4, -0.2) is 29.6 Å². The molecule has 3 aromatic rings. The van der Waals surface area contributed by atoms with Gasteiger partial charge in [-0.05, 0) is 47.9 Å². The van der Waals surface area contributed by atoms with Gasteiger partial charge in [0.05, 0.1) is 16.0 Å². The molecule has 1 aromatic carbocycles. The van der Waals surface area contributed by atoms with Crippen molar-refractivity contribution in [3.8, 4) is 0 Å². The molecular formula is C20H20N4O4S3. The first-order chi connectivity index (χ1) is 14.8. The molecule has 2 heterocycles. The van der Waals surface area contributed by atoms with E-state index in [2.05, 4.69) is 16.9 Å². The summed E-state index contributed by atoms with van der Waals surface area (Å²) in [5, 5.41) is 10.9. The van der Waals surface area contributed by atoms with Gasteiger partial charge in [0.2, 0.25) is 15.9 Å². The first-order valence-electron chi connectivity index (χ1n) is 9.46. The van der Waals surface area contributed by atoms with Crippen molar-refractivity contribution in [2.24, 2.45) is 5.14 Å². The lowest BCUT2D eigenvalue weighted by molar-refractivity contribution is -0.113. The van der Waals surface area contributed by atoms with Crippen molar-refractivity contribution in [3.05, 3.63) is 58.2 Å². The van der Waals surface area contributed by atoms with E-state index in [1.54, 1.807) is 12.1 Å². The summed E-state index contributed by atoms with van der Waals surface area (Å²) in [6, 6.07) is 5.71. The summed E-state index contributed by atoms with van der Waals surface area (Å²) in [5.74, 6) is 0.0777. The molecule has 11 heteroatoms. The number of aromatic nitrogens is 2. The predicted octanol–water partition coefficient (Wildman–Crippen LogP) is 2.90. The number of anilines is 1. The van der Waals surface area contributed by atoms with Crippen LogP contribution in [0.5, 0.6) is 0 Å². The number of thioether (sulfide) groups is 1. The van der Waals surface area contributed by atoms with Crippen molar-refractivity contribution in [2.75, 3.05) is 11.1 Å². The molecule has 31 heavy (non-hydrogen) atoms. The molecule has 0 spiro atoms. The third-order valence-electron chi connectivity index (χ3n) is 4.79. The van der Waals surface area contributed by atoms with E-state index >= 15 is 0 Å². The van der Waals surface area contributed by atoms with Crippen molar-refractivity contribution in [1.82, 2.24) is 9.55 Å². The Morgan fingerprint density at radius 3 is 2.87 bits per heavy atom. The Hall–Kier alpha value is -2.47. The number of fused-ring (bicyclic) bond motifs is 1. The number of hydrogen-bond acceptors (Lipinski definition) is 7. The highest BCUT2D eigenvalue weighted by molar-refractivity contribution is 7.99. The molecule has 2 aromatic heterocycles. The molecule has 1 fully saturated rings. The van der Waals surface area contributed by atoms with Crippen LogP contribution in [0, 0.1) is 0 Å². The zero-order chi connectivity index (χ0) is 22.2. The maximum absolute atomic E-state index is 13.1. The number of sulfonamides is 1. The van der Waals surface area contributed by atoms with Crippen LogP contribution in [0.1, 0.15) is 24.3 Å². The van der Waals surface area contributed by atoms with Crippen LogP contribution >= 0.6 is 23.1 Å². The number of benzene rings is 1. The molecule has 1 aliphatic rings. The second kappa shape index (κ2) is 8.58. The normalized spacial score (nSPS) is 14.0. The van der Waals surface area contributed by atoms with Crippen molar-refractivity contribution in [3.63, 3.8) is 0 Å². The molecule has 4 rings (SSSR count). The predicted molar refractivity (Wildman–Crippen MR) is 123 cm³/mol. The van der Waals surface area contributed by atoms with Crippen LogP contribution in [0.25, 0.3) is 10.2 Å². The fourth-order valence-corrected chi connectivity index (χ4v) is 5.63. The van der Waals surface area contributed by atoms with Crippen molar-refractivity contribution >= 4 is 54.9 Å². The standard InChI is InChI=1S/C20H20N4O4S3/c1-2-8-24-19(26)17-15(12-6-7-12)10-29-18(17)23-20(24)30-11-16(25)22-13-4-3-5-14(9-13)31(21,27)28/h2-5,9-10,12H,1,6-8,11H2,(H,22,25)(H2,21,27,28). The fourth-order valence-electron chi connectivity index (χ4n) is 3.20. The molecule has 162 valence electrons. The first kappa shape index (κ1) is 21.8. The summed E-state index contributed by atoms with van der Waals surface area (Å²) in [5.41, 5.74) is 1.27. The smallest absolute Gasteiger partial charge is 0.263 e. The molecule has 1 amide bonds. The number of carbonyl (C=O) groups is 1. The molecular weight excluding hydrogens is 456 g/mol. The number of amides is 1. The lowest BCUT2D eigenvalue weighted by Gasteiger charge is -2.11. The number of nitrogens with two attached hydrogens (primary N) is 1. The van der Waals surface area contributed by atoms with E-state index in [1.807, 2.05) is 5.38 Å². The van der Waals surface area contributed by atoms with E-state index in [4.69, 9.17) is 5.14 Å². The lowest BCUT2D eigenvalue weighted by Crippen LogP contribution is -2.24. The highest BCUT2D eigenvalue weighted by atomic mass is 32.2. The van der Waals surface area contributed by atoms with Crippen molar-refractivity contribution < 1.29 is 13.2 Å². The lowest BCUT2D eigenvalue weighted by atomic mass is 10.1. The van der Waals surface area contributed by atoms with Crippen LogP contribution in [0.2, 0.25) is 0 Å². The second-order valence-corrected chi connectivity index (χ2v) is 10.5. The third-order valence-corrected chi connectivity index (χ3v) is 7.57. The first-order valence-corrected chi connectivity index (χ1v) is 12.9. The zero-order valence-electron chi connectivity index (χ0n) is 16.4. The monoisotopic (exact) mass is 476 g/mol. The Labute approximate surface area is 187 Å². The quantitative estimate of drug-likeness (QED) is 0.293. The van der Waals surface area contributed by atoms with Gasteiger partial charge < -0.3 is 5.32 Å². The minimum Gasteiger partial charge on any atom is -0.325 e. The molecule has 0 atom stereocenters. The van der Waals surface area contributed by atoms with Gasteiger partial charge in [0.25, 0.3) is 5.56 Å². The maximum Gasteiger partial charge on any atom is 0.263 e. The van der Waals surface area contributed by atoms with Gasteiger partial charge in [-0.2, -0.15) is 0 Å². The number of nitrogens with one attached hydrogen (secondary N) is 1. The number of allylic oxidation sites excluding steroid dienone is 1. The number of rotatable bonds is 8. The van der Waals surface area contributed by atoms with E-state index in [1.165, 1.54) is 34.1 Å². The zero-order valence-corrected chi connectivity index (χ0v) is 18.9. The van der Waals surface area contributed by atoms with Gasteiger partial charge in [0, 0.05) is 12.2 Å². The number of nitrogens with zero attached hydrogens (tertiary/aromatic N) is 2. The molecule has 0 saturated heterocycles. The Kier molecular flexibility index (Phi) is 6.02. The molecule has 8 nitrogen and oxygen atoms in total. The molecule has 0 radical (unpaired) electrons. The van der Waals surface area contributed by atoms with Crippen LogP contribution in [0.15, 0.2) is 57.1 Å². The number of carbonyl (C=O) groups excluding carboxylic acids is 1. The van der Waals surface area contributed by atoms with Gasteiger partial charge in [-0.15, -0.1) is 17.9 Å². The van der Waals surface area contributed by atoms with Crippen LogP contribution < -0.4 is 16.0 Å². The Morgan fingerprint density at radius 1 is 1.42 bits per heavy atom. The summed E-state index contributed by atoms with van der Waals surface area (Å²) in [6.07, 6.45) is 3.81. The van der Waals surface area contributed by atoms with Gasteiger partial charge in [-0.25, -0.2) is 18.5 Å². The summed E-state index contributed by atoms with van der Waals surface area (Å²) in [7, 11) is -3.87. The minimum absolute atomic E-state index is 0.00442. The summed E-state index contributed by atoms with van der Waals surface area (Å²) in [4.78, 5) is 30.8. The maximum atomic E-state index is 13.1. The highest BCUT2D eigenvalue weighted by Crippen LogP contribution is 2.44. The van der Waals surface area contributed by atoms with Crippen molar-refractivity contribution in [2.45, 2.75) is 35.4 Å². The van der Waals surface area contributed by atoms with Gasteiger partial charge in [-0.3, -0.25) is 14.2 Å². The van der Waals surface area contributed by atoms with Gasteiger partial charge in [0.15, 0.2) is 5.16 Å². The topological polar surface area (TPSA) is 124 Å². The van der Waals surface area contributed by atoms with Crippen LogP contribution in [0.3, 0.4) is 0 Å². The Bertz CT molecular complexity index is 1340. The molecule has 0 bridgehead atoms. The molecule has 1 saturated carbocycles. The Morgan fingerprint density at radius 2 is 2.19 bits per heavy atom. The van der Waals surface area contributed by atoms with E-state index in [-0.39, 0.29) is 22.1 Å². The van der Waals surface area contributed by atoms with Crippen molar-refractivity contribution in [1.29, 1.82) is 0 Å². The largest absolute Gasteiger partial charge is 0.325 e. The van der Waals surface area contributed by atoms with E-state index in [0.29, 0.717) is 33.5 Å². The average Bonchev–Trinajstić information content (AvgIpc) is 3.47. The number of hydrogen-bond donors (Lipinski definition) is 2. The van der Waals surface area contributed by atoms with E-state index in [0.717, 1.165) is 30.2 Å². The summed E-state index contributed by atoms with van der Waals surface area (Å²) >= 11 is 2.59.